The Morgan fingerprint density at radius 2 is 1.83 bits per heavy atom. The van der Waals surface area contributed by atoms with Gasteiger partial charge in [0.05, 0.1) is 18.8 Å². The molecular formula is C17H27NO6. The Hall–Kier alpha value is -1.34. The minimum atomic E-state index is -0.713. The first kappa shape index (κ1) is 17.5. The van der Waals surface area contributed by atoms with Crippen LogP contribution in [0, 0.1) is 5.92 Å². The van der Waals surface area contributed by atoms with E-state index in [2.05, 4.69) is 0 Å². The van der Waals surface area contributed by atoms with Gasteiger partial charge in [-0.25, -0.2) is 9.59 Å². The lowest BCUT2D eigenvalue weighted by Crippen LogP contribution is -2.58. The molecule has 0 radical (unpaired) electrons. The lowest BCUT2D eigenvalue weighted by Gasteiger charge is -2.38. The van der Waals surface area contributed by atoms with Gasteiger partial charge in [-0.15, -0.1) is 0 Å². The highest BCUT2D eigenvalue weighted by atomic mass is 16.8. The number of carbonyl (C=O) groups excluding carboxylic acids is 2. The number of esters is 1. The summed E-state index contributed by atoms with van der Waals surface area (Å²) in [6.45, 7) is 11.1. The van der Waals surface area contributed by atoms with Gasteiger partial charge in [-0.1, -0.05) is 0 Å². The predicted octanol–water partition coefficient (Wildman–Crippen LogP) is 2.08. The molecule has 1 saturated carbocycles. The zero-order valence-corrected chi connectivity index (χ0v) is 15.2. The topological polar surface area (TPSA) is 74.3 Å². The van der Waals surface area contributed by atoms with Gasteiger partial charge in [-0.2, -0.15) is 0 Å². The fourth-order valence-corrected chi connectivity index (χ4v) is 4.07. The Kier molecular flexibility index (Phi) is 4.07. The van der Waals surface area contributed by atoms with Crippen molar-refractivity contribution in [1.82, 2.24) is 4.90 Å². The van der Waals surface area contributed by atoms with Gasteiger partial charge in [-0.3, -0.25) is 4.90 Å². The van der Waals surface area contributed by atoms with E-state index in [4.69, 9.17) is 18.9 Å². The molecule has 0 N–H and O–H groups in total. The van der Waals surface area contributed by atoms with Crippen molar-refractivity contribution < 1.29 is 28.5 Å². The summed E-state index contributed by atoms with van der Waals surface area (Å²) in [6.07, 6.45) is -0.269. The second kappa shape index (κ2) is 5.59. The summed E-state index contributed by atoms with van der Waals surface area (Å²) in [5, 5.41) is 0. The molecule has 3 aliphatic rings. The van der Waals surface area contributed by atoms with Crippen LogP contribution in [0.2, 0.25) is 0 Å². The number of carbonyl (C=O) groups is 2. The maximum atomic E-state index is 12.7. The molecule has 24 heavy (non-hydrogen) atoms. The van der Waals surface area contributed by atoms with Gasteiger partial charge in [0.1, 0.15) is 17.7 Å². The highest BCUT2D eigenvalue weighted by molar-refractivity contribution is 5.83. The maximum absolute atomic E-state index is 12.7. The van der Waals surface area contributed by atoms with Crippen molar-refractivity contribution >= 4 is 12.1 Å². The third kappa shape index (κ3) is 2.88. The first-order valence-corrected chi connectivity index (χ1v) is 8.57. The molecule has 2 saturated heterocycles. The monoisotopic (exact) mass is 341 g/mol. The Bertz CT molecular complexity index is 540. The summed E-state index contributed by atoms with van der Waals surface area (Å²) >= 11 is 0. The van der Waals surface area contributed by atoms with Crippen LogP contribution in [0.3, 0.4) is 0 Å². The van der Waals surface area contributed by atoms with E-state index in [-0.39, 0.29) is 30.8 Å². The Morgan fingerprint density at radius 3 is 2.42 bits per heavy atom. The van der Waals surface area contributed by atoms with Gasteiger partial charge in [-0.05, 0) is 48.0 Å². The largest absolute Gasteiger partial charge is 0.464 e. The highest BCUT2D eigenvalue weighted by Crippen LogP contribution is 2.51. The maximum Gasteiger partial charge on any atom is 0.411 e. The molecule has 3 fully saturated rings. The molecule has 7 heteroatoms. The normalized spacial score (nSPS) is 36.6. The van der Waals surface area contributed by atoms with Crippen molar-refractivity contribution in [3.05, 3.63) is 0 Å². The molecule has 7 nitrogen and oxygen atoms in total. The zero-order valence-electron chi connectivity index (χ0n) is 15.2. The van der Waals surface area contributed by atoms with Crippen LogP contribution in [0.15, 0.2) is 0 Å². The number of fused-ring (bicyclic) bond motifs is 5. The number of nitrogens with zero attached hydrogens (tertiary/aromatic N) is 1. The number of hydrogen-bond acceptors (Lipinski definition) is 6. The quantitative estimate of drug-likeness (QED) is 0.716. The third-order valence-corrected chi connectivity index (χ3v) is 4.67. The lowest BCUT2D eigenvalue weighted by molar-refractivity contribution is -0.158. The summed E-state index contributed by atoms with van der Waals surface area (Å²) in [5.74, 6) is -1.24. The van der Waals surface area contributed by atoms with Crippen molar-refractivity contribution in [2.75, 3.05) is 6.61 Å². The molecule has 0 aromatic carbocycles. The SMILES string of the molecule is CCOC(=O)C1C2CC(C3OC(C)(C)OC23)N1C(=O)OC(C)(C)C. The molecule has 2 heterocycles. The first-order chi connectivity index (χ1) is 11.0. The number of likely N-dealkylation sites (tertiary alicyclic amines) is 1. The van der Waals surface area contributed by atoms with E-state index in [1.807, 2.05) is 13.8 Å². The van der Waals surface area contributed by atoms with Gasteiger partial charge in [0.25, 0.3) is 0 Å². The Balaban J connectivity index is 1.88. The van der Waals surface area contributed by atoms with Crippen LogP contribution in [-0.4, -0.2) is 59.2 Å². The number of piperidine rings is 1. The molecule has 1 amide bonds. The number of amides is 1. The second-order valence-corrected chi connectivity index (χ2v) is 8.12. The van der Waals surface area contributed by atoms with E-state index in [0.29, 0.717) is 6.42 Å². The average Bonchev–Trinajstić information content (AvgIpc) is 3.02. The predicted molar refractivity (Wildman–Crippen MR) is 84.2 cm³/mol. The van der Waals surface area contributed by atoms with E-state index in [1.165, 1.54) is 4.90 Å². The van der Waals surface area contributed by atoms with Crippen molar-refractivity contribution in [2.24, 2.45) is 5.92 Å². The number of ether oxygens (including phenoxy) is 4. The summed E-state index contributed by atoms with van der Waals surface area (Å²) in [7, 11) is 0. The first-order valence-electron chi connectivity index (χ1n) is 8.57. The summed E-state index contributed by atoms with van der Waals surface area (Å²) in [6, 6.07) is -0.908. The Morgan fingerprint density at radius 1 is 1.21 bits per heavy atom. The van der Waals surface area contributed by atoms with Crippen LogP contribution in [-0.2, 0) is 23.7 Å². The fourth-order valence-electron chi connectivity index (χ4n) is 4.07. The van der Waals surface area contributed by atoms with Crippen LogP contribution < -0.4 is 0 Å². The van der Waals surface area contributed by atoms with E-state index < -0.39 is 29.5 Å². The Labute approximate surface area is 142 Å². The molecule has 0 spiro atoms. The molecule has 0 aromatic rings. The van der Waals surface area contributed by atoms with Crippen LogP contribution >= 0.6 is 0 Å². The van der Waals surface area contributed by atoms with Crippen molar-refractivity contribution in [3.63, 3.8) is 0 Å². The van der Waals surface area contributed by atoms with Gasteiger partial charge < -0.3 is 18.9 Å². The summed E-state index contributed by atoms with van der Waals surface area (Å²) in [4.78, 5) is 26.7. The fraction of sp³-hybridized carbons (Fsp3) is 0.882. The molecule has 3 rings (SSSR count). The molecule has 2 bridgehead atoms. The van der Waals surface area contributed by atoms with E-state index in [1.54, 1.807) is 27.7 Å². The number of hydrogen-bond donors (Lipinski definition) is 0. The van der Waals surface area contributed by atoms with Crippen LogP contribution in [0.25, 0.3) is 0 Å². The van der Waals surface area contributed by atoms with Crippen molar-refractivity contribution in [3.8, 4) is 0 Å². The smallest absolute Gasteiger partial charge is 0.411 e. The van der Waals surface area contributed by atoms with Crippen LogP contribution in [0.5, 0.6) is 0 Å². The lowest BCUT2D eigenvalue weighted by atomic mass is 9.95. The minimum absolute atomic E-state index is 0.131. The molecule has 1 aliphatic carbocycles. The van der Waals surface area contributed by atoms with Gasteiger partial charge in [0, 0.05) is 5.92 Å². The average molecular weight is 341 g/mol. The van der Waals surface area contributed by atoms with Crippen LogP contribution in [0.1, 0.15) is 48.0 Å². The van der Waals surface area contributed by atoms with Crippen LogP contribution in [0.4, 0.5) is 4.79 Å². The van der Waals surface area contributed by atoms with E-state index in [9.17, 15) is 9.59 Å². The molecule has 0 aromatic heterocycles. The van der Waals surface area contributed by atoms with Gasteiger partial charge in [0.2, 0.25) is 0 Å². The van der Waals surface area contributed by atoms with E-state index in [0.717, 1.165) is 0 Å². The van der Waals surface area contributed by atoms with Gasteiger partial charge >= 0.3 is 12.1 Å². The minimum Gasteiger partial charge on any atom is -0.464 e. The summed E-state index contributed by atoms with van der Waals surface area (Å²) < 4.78 is 22.7. The summed E-state index contributed by atoms with van der Waals surface area (Å²) in [5.41, 5.74) is -0.635. The molecule has 5 unspecified atom stereocenters. The molecule has 2 aliphatic heterocycles. The second-order valence-electron chi connectivity index (χ2n) is 8.12. The standard InChI is InChI=1S/C17H27NO6/c1-7-21-14(19)11-9-8-10(13-12(9)22-17(5,6)23-13)18(11)15(20)24-16(2,3)4/h9-13H,7-8H2,1-6H3. The molecule has 5 atom stereocenters. The number of rotatable bonds is 2. The zero-order chi connectivity index (χ0) is 17.9. The third-order valence-electron chi connectivity index (χ3n) is 4.67. The highest BCUT2D eigenvalue weighted by Gasteiger charge is 2.67. The van der Waals surface area contributed by atoms with Crippen molar-refractivity contribution in [2.45, 2.75) is 83.6 Å². The van der Waals surface area contributed by atoms with E-state index >= 15 is 0 Å². The van der Waals surface area contributed by atoms with Gasteiger partial charge in [0.15, 0.2) is 5.79 Å². The molecular weight excluding hydrogens is 314 g/mol. The van der Waals surface area contributed by atoms with Crippen molar-refractivity contribution in [1.29, 1.82) is 0 Å². The molecule has 136 valence electrons.